The fraction of sp³-hybridized carbons (Fsp3) is 0.636. The summed E-state index contributed by atoms with van der Waals surface area (Å²) in [7, 11) is 1.46. The molecule has 0 aliphatic carbocycles. The number of esters is 1. The summed E-state index contributed by atoms with van der Waals surface area (Å²) in [6.07, 6.45) is 4.75. The molecule has 29 heavy (non-hydrogen) atoms. The number of unbranched alkanes of at least 4 members (excludes halogenated alkanes) is 1. The van der Waals surface area contributed by atoms with Gasteiger partial charge in [-0.1, -0.05) is 25.5 Å². The van der Waals surface area contributed by atoms with Crippen molar-refractivity contribution in [1.82, 2.24) is 10.2 Å². The number of carbonyl (C=O) groups excluding carboxylic acids is 1. The molecule has 0 bridgehead atoms. The standard InChI is InChI=1S/C22H35N3O3.HI/c1-4-6-17-28-20-9-7-18(8-10-20)11-14-24-22(23-5-2)25-15-12-19(13-16-25)21(26)27-3;/h7-10,19H,4-6,11-17H2,1-3H3,(H,23,24);1H. The summed E-state index contributed by atoms with van der Waals surface area (Å²) in [6, 6.07) is 8.31. The molecule has 1 fully saturated rings. The predicted molar refractivity (Wildman–Crippen MR) is 128 cm³/mol. The number of likely N-dealkylation sites (tertiary alicyclic amines) is 1. The number of benzene rings is 1. The molecule has 164 valence electrons. The van der Waals surface area contributed by atoms with E-state index in [-0.39, 0.29) is 35.9 Å². The summed E-state index contributed by atoms with van der Waals surface area (Å²) >= 11 is 0. The minimum atomic E-state index is -0.0938. The van der Waals surface area contributed by atoms with Gasteiger partial charge in [-0.05, 0) is 50.3 Å². The number of rotatable bonds is 9. The zero-order valence-corrected chi connectivity index (χ0v) is 20.3. The molecule has 6 nitrogen and oxygen atoms in total. The molecule has 0 radical (unpaired) electrons. The van der Waals surface area contributed by atoms with Crippen molar-refractivity contribution in [1.29, 1.82) is 0 Å². The lowest BCUT2D eigenvalue weighted by atomic mass is 9.97. The molecule has 0 atom stereocenters. The van der Waals surface area contributed by atoms with Crippen molar-refractivity contribution in [3.05, 3.63) is 29.8 Å². The van der Waals surface area contributed by atoms with Crippen LogP contribution in [-0.2, 0) is 16.0 Å². The van der Waals surface area contributed by atoms with Crippen LogP contribution in [0.15, 0.2) is 29.3 Å². The molecule has 2 rings (SSSR count). The van der Waals surface area contributed by atoms with Gasteiger partial charge in [0.15, 0.2) is 5.96 Å². The third kappa shape index (κ3) is 8.80. The van der Waals surface area contributed by atoms with Gasteiger partial charge in [0, 0.05) is 26.2 Å². The van der Waals surface area contributed by atoms with Crippen LogP contribution < -0.4 is 10.1 Å². The maximum absolute atomic E-state index is 11.7. The second kappa shape index (κ2) is 14.5. The van der Waals surface area contributed by atoms with Crippen molar-refractivity contribution in [3.63, 3.8) is 0 Å². The summed E-state index contributed by atoms with van der Waals surface area (Å²) in [5, 5.41) is 3.37. The van der Waals surface area contributed by atoms with E-state index in [1.807, 2.05) is 12.1 Å². The summed E-state index contributed by atoms with van der Waals surface area (Å²) in [5.41, 5.74) is 1.26. The number of ether oxygens (including phenoxy) is 2. The lowest BCUT2D eigenvalue weighted by Gasteiger charge is -2.33. The maximum Gasteiger partial charge on any atom is 0.308 e. The molecule has 1 aliphatic rings. The number of piperidine rings is 1. The fourth-order valence-electron chi connectivity index (χ4n) is 3.30. The van der Waals surface area contributed by atoms with Crippen LogP contribution in [0.2, 0.25) is 0 Å². The molecule has 0 saturated carbocycles. The van der Waals surface area contributed by atoms with E-state index >= 15 is 0 Å². The normalized spacial score (nSPS) is 14.9. The minimum absolute atomic E-state index is 0. The number of halogens is 1. The van der Waals surface area contributed by atoms with Crippen LogP contribution in [0, 0.1) is 5.92 Å². The molecule has 0 unspecified atom stereocenters. The number of aliphatic imine (C=N–C) groups is 1. The van der Waals surface area contributed by atoms with E-state index in [2.05, 4.69) is 36.2 Å². The average Bonchev–Trinajstić information content (AvgIpc) is 2.74. The Morgan fingerprint density at radius 1 is 1.21 bits per heavy atom. The number of hydrogen-bond donors (Lipinski definition) is 1. The second-order valence-electron chi connectivity index (χ2n) is 7.12. The third-order valence-corrected chi connectivity index (χ3v) is 5.02. The van der Waals surface area contributed by atoms with Gasteiger partial charge >= 0.3 is 5.97 Å². The first kappa shape index (κ1) is 25.5. The van der Waals surface area contributed by atoms with E-state index in [1.165, 1.54) is 12.7 Å². The van der Waals surface area contributed by atoms with Crippen LogP contribution in [0.3, 0.4) is 0 Å². The number of guanidine groups is 1. The van der Waals surface area contributed by atoms with Gasteiger partial charge in [0.1, 0.15) is 5.75 Å². The molecule has 1 N–H and O–H groups in total. The number of hydrogen-bond acceptors (Lipinski definition) is 4. The Balaban J connectivity index is 0.00000420. The zero-order valence-electron chi connectivity index (χ0n) is 18.0. The molecule has 1 saturated heterocycles. The Morgan fingerprint density at radius 3 is 2.48 bits per heavy atom. The van der Waals surface area contributed by atoms with Crippen molar-refractivity contribution >= 4 is 35.9 Å². The largest absolute Gasteiger partial charge is 0.494 e. The highest BCUT2D eigenvalue weighted by Gasteiger charge is 2.26. The van der Waals surface area contributed by atoms with Crippen LogP contribution in [-0.4, -0.2) is 56.7 Å². The lowest BCUT2D eigenvalue weighted by Crippen LogP contribution is -2.46. The van der Waals surface area contributed by atoms with Gasteiger partial charge < -0.3 is 19.7 Å². The SMILES string of the molecule is CCCCOc1ccc(CCN=C(NCC)N2CCC(C(=O)OC)CC2)cc1.I. The van der Waals surface area contributed by atoms with Gasteiger partial charge in [-0.15, -0.1) is 24.0 Å². The smallest absolute Gasteiger partial charge is 0.308 e. The minimum Gasteiger partial charge on any atom is -0.494 e. The van der Waals surface area contributed by atoms with Crippen molar-refractivity contribution in [2.75, 3.05) is 39.9 Å². The molecule has 0 spiro atoms. The first-order chi connectivity index (χ1) is 13.7. The summed E-state index contributed by atoms with van der Waals surface area (Å²) < 4.78 is 10.6. The Bertz CT molecular complexity index is 614. The Hall–Kier alpha value is -1.51. The molecular formula is C22H36IN3O3. The molecule has 1 aromatic carbocycles. The quantitative estimate of drug-likeness (QED) is 0.177. The Morgan fingerprint density at radius 2 is 1.90 bits per heavy atom. The van der Waals surface area contributed by atoms with Crippen molar-refractivity contribution < 1.29 is 14.3 Å². The van der Waals surface area contributed by atoms with E-state index in [1.54, 1.807) is 0 Å². The number of carbonyl (C=O) groups is 1. The molecule has 7 heteroatoms. The van der Waals surface area contributed by atoms with Gasteiger partial charge in [-0.2, -0.15) is 0 Å². The number of nitrogens with zero attached hydrogens (tertiary/aromatic N) is 2. The van der Waals surface area contributed by atoms with Crippen LogP contribution >= 0.6 is 24.0 Å². The van der Waals surface area contributed by atoms with Gasteiger partial charge in [-0.3, -0.25) is 9.79 Å². The van der Waals surface area contributed by atoms with Crippen molar-refractivity contribution in [2.24, 2.45) is 10.9 Å². The second-order valence-corrected chi connectivity index (χ2v) is 7.12. The van der Waals surface area contributed by atoms with E-state index in [9.17, 15) is 4.79 Å². The van der Waals surface area contributed by atoms with Gasteiger partial charge in [-0.25, -0.2) is 0 Å². The highest BCUT2D eigenvalue weighted by Crippen LogP contribution is 2.18. The predicted octanol–water partition coefficient (Wildman–Crippen LogP) is 3.88. The van der Waals surface area contributed by atoms with E-state index in [0.717, 1.165) is 76.6 Å². The molecule has 1 heterocycles. The van der Waals surface area contributed by atoms with Gasteiger partial charge in [0.2, 0.25) is 0 Å². The van der Waals surface area contributed by atoms with Crippen molar-refractivity contribution in [2.45, 2.75) is 46.0 Å². The summed E-state index contributed by atoms with van der Waals surface area (Å²) in [4.78, 5) is 18.7. The monoisotopic (exact) mass is 517 g/mol. The molecular weight excluding hydrogens is 481 g/mol. The summed E-state index contributed by atoms with van der Waals surface area (Å²) in [5.74, 6) is 1.79. The van der Waals surface area contributed by atoms with E-state index < -0.39 is 0 Å². The molecule has 0 amide bonds. The molecule has 1 aliphatic heterocycles. The highest BCUT2D eigenvalue weighted by atomic mass is 127. The maximum atomic E-state index is 11.7. The fourth-order valence-corrected chi connectivity index (χ4v) is 3.30. The lowest BCUT2D eigenvalue weighted by molar-refractivity contribution is -0.146. The number of methoxy groups -OCH3 is 1. The topological polar surface area (TPSA) is 63.2 Å². The van der Waals surface area contributed by atoms with Crippen LogP contribution in [0.1, 0.15) is 45.1 Å². The Kier molecular flexibility index (Phi) is 12.7. The first-order valence-corrected chi connectivity index (χ1v) is 10.5. The van der Waals surface area contributed by atoms with E-state index in [4.69, 9.17) is 14.5 Å². The molecule has 1 aromatic rings. The van der Waals surface area contributed by atoms with Gasteiger partial charge in [0.05, 0.1) is 19.6 Å². The van der Waals surface area contributed by atoms with Crippen LogP contribution in [0.4, 0.5) is 0 Å². The molecule has 0 aromatic heterocycles. The van der Waals surface area contributed by atoms with Crippen LogP contribution in [0.25, 0.3) is 0 Å². The Labute approximate surface area is 192 Å². The zero-order chi connectivity index (χ0) is 20.2. The summed E-state index contributed by atoms with van der Waals surface area (Å²) in [6.45, 7) is 8.24. The van der Waals surface area contributed by atoms with Crippen molar-refractivity contribution in [3.8, 4) is 5.75 Å². The van der Waals surface area contributed by atoms with Gasteiger partial charge in [0.25, 0.3) is 0 Å². The first-order valence-electron chi connectivity index (χ1n) is 10.5. The van der Waals surface area contributed by atoms with Crippen LogP contribution in [0.5, 0.6) is 5.75 Å². The van der Waals surface area contributed by atoms with E-state index in [0.29, 0.717) is 0 Å². The third-order valence-electron chi connectivity index (χ3n) is 5.02. The number of nitrogens with one attached hydrogen (secondary N) is 1. The average molecular weight is 517 g/mol. The highest BCUT2D eigenvalue weighted by molar-refractivity contribution is 14.0.